The molecule has 0 unspecified atom stereocenters. The number of esters is 1. The van der Waals surface area contributed by atoms with E-state index in [9.17, 15) is 9.18 Å². The normalized spacial score (nSPS) is 10.6. The number of carbonyl (C=O) groups is 1. The van der Waals surface area contributed by atoms with Gasteiger partial charge < -0.3 is 9.72 Å². The standard InChI is InChI=1S/C16H18FNO2/c1-3-20-16(19)15-11(2)13(10-18-15)8-7-12-5-4-6-14(17)9-12/h4-6,9-10,18H,3,7-8H2,1-2H3. The number of aromatic amines is 1. The number of halogens is 1. The van der Waals surface area contributed by atoms with Crippen LogP contribution in [0.2, 0.25) is 0 Å². The Bertz CT molecular complexity index is 604. The molecule has 1 N–H and O–H groups in total. The maximum Gasteiger partial charge on any atom is 0.355 e. The Kier molecular flexibility index (Phi) is 4.56. The number of carbonyl (C=O) groups excluding carboxylic acids is 1. The van der Waals surface area contributed by atoms with Crippen molar-refractivity contribution < 1.29 is 13.9 Å². The Labute approximate surface area is 117 Å². The molecular formula is C16H18FNO2. The first-order chi connectivity index (χ1) is 9.61. The third-order valence-corrected chi connectivity index (χ3v) is 3.30. The highest BCUT2D eigenvalue weighted by Crippen LogP contribution is 2.17. The van der Waals surface area contributed by atoms with Gasteiger partial charge in [0.15, 0.2) is 0 Å². The monoisotopic (exact) mass is 275 g/mol. The van der Waals surface area contributed by atoms with Gasteiger partial charge in [-0.25, -0.2) is 9.18 Å². The lowest BCUT2D eigenvalue weighted by atomic mass is 10.0. The van der Waals surface area contributed by atoms with Crippen LogP contribution in [0.3, 0.4) is 0 Å². The van der Waals surface area contributed by atoms with E-state index in [1.807, 2.05) is 19.2 Å². The van der Waals surface area contributed by atoms with Crippen LogP contribution in [0.1, 0.15) is 34.1 Å². The molecule has 20 heavy (non-hydrogen) atoms. The van der Waals surface area contributed by atoms with Gasteiger partial charge in [0, 0.05) is 6.20 Å². The molecular weight excluding hydrogens is 257 g/mol. The minimum absolute atomic E-state index is 0.222. The van der Waals surface area contributed by atoms with E-state index in [1.54, 1.807) is 13.0 Å². The fourth-order valence-electron chi connectivity index (χ4n) is 2.18. The summed E-state index contributed by atoms with van der Waals surface area (Å²) in [6, 6.07) is 6.58. The van der Waals surface area contributed by atoms with E-state index < -0.39 is 0 Å². The van der Waals surface area contributed by atoms with Crippen LogP contribution in [0.5, 0.6) is 0 Å². The predicted molar refractivity (Wildman–Crippen MR) is 75.3 cm³/mol. The zero-order valence-electron chi connectivity index (χ0n) is 11.7. The van der Waals surface area contributed by atoms with E-state index in [0.29, 0.717) is 12.3 Å². The minimum Gasteiger partial charge on any atom is -0.461 e. The highest BCUT2D eigenvalue weighted by Gasteiger charge is 2.14. The lowest BCUT2D eigenvalue weighted by Gasteiger charge is -2.03. The van der Waals surface area contributed by atoms with Crippen LogP contribution in [-0.2, 0) is 17.6 Å². The quantitative estimate of drug-likeness (QED) is 0.849. The van der Waals surface area contributed by atoms with Crippen molar-refractivity contribution in [1.82, 2.24) is 4.98 Å². The smallest absolute Gasteiger partial charge is 0.355 e. The van der Waals surface area contributed by atoms with E-state index in [2.05, 4.69) is 4.98 Å². The van der Waals surface area contributed by atoms with Crippen LogP contribution in [0.25, 0.3) is 0 Å². The number of aromatic nitrogens is 1. The summed E-state index contributed by atoms with van der Waals surface area (Å²) in [4.78, 5) is 14.7. The molecule has 0 bridgehead atoms. The van der Waals surface area contributed by atoms with E-state index in [-0.39, 0.29) is 11.8 Å². The third-order valence-electron chi connectivity index (χ3n) is 3.30. The van der Waals surface area contributed by atoms with Gasteiger partial charge in [0.1, 0.15) is 11.5 Å². The number of hydrogen-bond acceptors (Lipinski definition) is 2. The van der Waals surface area contributed by atoms with Crippen LogP contribution in [0.15, 0.2) is 30.5 Å². The second-order valence-electron chi connectivity index (χ2n) is 4.66. The van der Waals surface area contributed by atoms with Gasteiger partial charge in [0.2, 0.25) is 0 Å². The summed E-state index contributed by atoms with van der Waals surface area (Å²) in [6.45, 7) is 4.03. The van der Waals surface area contributed by atoms with Crippen molar-refractivity contribution in [1.29, 1.82) is 0 Å². The van der Waals surface area contributed by atoms with Crippen molar-refractivity contribution >= 4 is 5.97 Å². The number of nitrogens with one attached hydrogen (secondary N) is 1. The van der Waals surface area contributed by atoms with Gasteiger partial charge in [-0.15, -0.1) is 0 Å². The first kappa shape index (κ1) is 14.3. The number of rotatable bonds is 5. The molecule has 1 aromatic heterocycles. The van der Waals surface area contributed by atoms with Gasteiger partial charge in [0.25, 0.3) is 0 Å². The Morgan fingerprint density at radius 1 is 1.35 bits per heavy atom. The molecule has 2 rings (SSSR count). The zero-order valence-corrected chi connectivity index (χ0v) is 11.7. The lowest BCUT2D eigenvalue weighted by Crippen LogP contribution is -2.06. The second-order valence-corrected chi connectivity index (χ2v) is 4.66. The largest absolute Gasteiger partial charge is 0.461 e. The number of hydrogen-bond donors (Lipinski definition) is 1. The van der Waals surface area contributed by atoms with E-state index in [0.717, 1.165) is 29.5 Å². The van der Waals surface area contributed by atoms with Gasteiger partial charge in [-0.1, -0.05) is 12.1 Å². The molecule has 0 fully saturated rings. The maximum absolute atomic E-state index is 13.1. The first-order valence-electron chi connectivity index (χ1n) is 6.70. The molecule has 1 aromatic carbocycles. The van der Waals surface area contributed by atoms with Crippen LogP contribution in [-0.4, -0.2) is 17.6 Å². The van der Waals surface area contributed by atoms with E-state index >= 15 is 0 Å². The Morgan fingerprint density at radius 3 is 2.85 bits per heavy atom. The maximum atomic E-state index is 13.1. The molecule has 106 valence electrons. The summed E-state index contributed by atoms with van der Waals surface area (Å²) in [7, 11) is 0. The molecule has 4 heteroatoms. The summed E-state index contributed by atoms with van der Waals surface area (Å²) < 4.78 is 18.1. The van der Waals surface area contributed by atoms with Gasteiger partial charge >= 0.3 is 5.97 Å². The highest BCUT2D eigenvalue weighted by atomic mass is 19.1. The highest BCUT2D eigenvalue weighted by molar-refractivity contribution is 5.89. The molecule has 0 radical (unpaired) electrons. The molecule has 0 saturated carbocycles. The molecule has 0 amide bonds. The summed E-state index contributed by atoms with van der Waals surface area (Å²) in [5, 5.41) is 0. The van der Waals surface area contributed by atoms with Crippen molar-refractivity contribution in [3.8, 4) is 0 Å². The van der Waals surface area contributed by atoms with Crippen LogP contribution >= 0.6 is 0 Å². The van der Waals surface area contributed by atoms with Crippen molar-refractivity contribution in [3.63, 3.8) is 0 Å². The number of H-pyrrole nitrogens is 1. The second kappa shape index (κ2) is 6.37. The van der Waals surface area contributed by atoms with Gasteiger partial charge in [0.05, 0.1) is 6.61 Å². The van der Waals surface area contributed by atoms with E-state index in [4.69, 9.17) is 4.74 Å². The fraction of sp³-hybridized carbons (Fsp3) is 0.312. The minimum atomic E-state index is -0.331. The molecule has 1 heterocycles. The molecule has 2 aromatic rings. The van der Waals surface area contributed by atoms with Crippen molar-refractivity contribution in [2.24, 2.45) is 0 Å². The van der Waals surface area contributed by atoms with Crippen molar-refractivity contribution in [2.45, 2.75) is 26.7 Å². The molecule has 0 aliphatic carbocycles. The Hall–Kier alpha value is -2.10. The molecule has 0 saturated heterocycles. The van der Waals surface area contributed by atoms with Crippen molar-refractivity contribution in [3.05, 3.63) is 58.7 Å². The average Bonchev–Trinajstić information content (AvgIpc) is 2.78. The fourth-order valence-corrected chi connectivity index (χ4v) is 2.18. The molecule has 0 atom stereocenters. The summed E-state index contributed by atoms with van der Waals surface area (Å²) >= 11 is 0. The third kappa shape index (κ3) is 3.26. The number of aryl methyl sites for hydroxylation is 2. The predicted octanol–water partition coefficient (Wildman–Crippen LogP) is 3.42. The number of benzene rings is 1. The van der Waals surface area contributed by atoms with Gasteiger partial charge in [-0.3, -0.25) is 0 Å². The first-order valence-corrected chi connectivity index (χ1v) is 6.70. The van der Waals surface area contributed by atoms with Crippen LogP contribution in [0.4, 0.5) is 4.39 Å². The summed E-state index contributed by atoms with van der Waals surface area (Å²) in [5.74, 6) is -0.553. The zero-order chi connectivity index (χ0) is 14.5. The van der Waals surface area contributed by atoms with Crippen LogP contribution < -0.4 is 0 Å². The molecule has 3 nitrogen and oxygen atoms in total. The van der Waals surface area contributed by atoms with Crippen LogP contribution in [0, 0.1) is 12.7 Å². The molecule has 0 aliphatic rings. The number of ether oxygens (including phenoxy) is 1. The Morgan fingerprint density at radius 2 is 2.15 bits per heavy atom. The van der Waals surface area contributed by atoms with Gasteiger partial charge in [-0.2, -0.15) is 0 Å². The van der Waals surface area contributed by atoms with Gasteiger partial charge in [-0.05, 0) is 55.5 Å². The average molecular weight is 275 g/mol. The SMILES string of the molecule is CCOC(=O)c1[nH]cc(CCc2cccc(F)c2)c1C. The summed E-state index contributed by atoms with van der Waals surface area (Å²) in [6.07, 6.45) is 3.31. The summed E-state index contributed by atoms with van der Waals surface area (Å²) in [5.41, 5.74) is 3.40. The lowest BCUT2D eigenvalue weighted by molar-refractivity contribution is 0.0519. The van der Waals surface area contributed by atoms with E-state index in [1.165, 1.54) is 12.1 Å². The van der Waals surface area contributed by atoms with Crippen molar-refractivity contribution in [2.75, 3.05) is 6.61 Å². The molecule has 0 aliphatic heterocycles. The molecule has 0 spiro atoms. The Balaban J connectivity index is 2.05. The topological polar surface area (TPSA) is 42.1 Å².